The minimum absolute atomic E-state index is 0.672. The molecular formula is C15H24N2O2. The number of fused-ring (bicyclic) bond motifs is 1. The van der Waals surface area contributed by atoms with Crippen LogP contribution in [-0.4, -0.2) is 40.0 Å². The topological polar surface area (TPSA) is 47.7 Å². The summed E-state index contributed by atoms with van der Waals surface area (Å²) in [5.41, 5.74) is 9.44. The monoisotopic (exact) mass is 264 g/mol. The SMILES string of the molecule is COCCOCCCN1CCCc2cc(N)ccc21. The van der Waals surface area contributed by atoms with Crippen molar-refractivity contribution in [2.75, 3.05) is 50.7 Å². The van der Waals surface area contributed by atoms with E-state index in [1.807, 2.05) is 6.07 Å². The van der Waals surface area contributed by atoms with E-state index in [-0.39, 0.29) is 0 Å². The van der Waals surface area contributed by atoms with Gasteiger partial charge in [-0.1, -0.05) is 0 Å². The molecule has 106 valence electrons. The second kappa shape index (κ2) is 7.36. The Labute approximate surface area is 115 Å². The number of ether oxygens (including phenoxy) is 2. The third-order valence-electron chi connectivity index (χ3n) is 3.47. The Morgan fingerprint density at radius 2 is 2.16 bits per heavy atom. The minimum Gasteiger partial charge on any atom is -0.399 e. The Morgan fingerprint density at radius 3 is 3.00 bits per heavy atom. The van der Waals surface area contributed by atoms with E-state index in [4.69, 9.17) is 15.2 Å². The van der Waals surface area contributed by atoms with Gasteiger partial charge in [0.05, 0.1) is 13.2 Å². The average molecular weight is 264 g/mol. The van der Waals surface area contributed by atoms with Crippen LogP contribution in [0.5, 0.6) is 0 Å². The number of nitrogens with two attached hydrogens (primary N) is 1. The van der Waals surface area contributed by atoms with Gasteiger partial charge in [-0.3, -0.25) is 0 Å². The number of rotatable bonds is 7. The lowest BCUT2D eigenvalue weighted by molar-refractivity contribution is 0.0700. The number of hydrogen-bond donors (Lipinski definition) is 1. The van der Waals surface area contributed by atoms with Crippen LogP contribution in [0, 0.1) is 0 Å². The number of aryl methyl sites for hydroxylation is 1. The Bertz CT molecular complexity index is 396. The molecule has 0 saturated carbocycles. The summed E-state index contributed by atoms with van der Waals surface area (Å²) in [7, 11) is 1.69. The molecule has 1 aromatic rings. The van der Waals surface area contributed by atoms with Crippen molar-refractivity contribution in [1.82, 2.24) is 0 Å². The summed E-state index contributed by atoms with van der Waals surface area (Å²) in [6.07, 6.45) is 3.40. The normalized spacial score (nSPS) is 14.5. The van der Waals surface area contributed by atoms with Crippen LogP contribution < -0.4 is 10.6 Å². The molecule has 0 saturated heterocycles. The molecule has 0 amide bonds. The molecule has 0 radical (unpaired) electrons. The lowest BCUT2D eigenvalue weighted by atomic mass is 10.0. The number of benzene rings is 1. The smallest absolute Gasteiger partial charge is 0.0700 e. The fourth-order valence-corrected chi connectivity index (χ4v) is 2.53. The predicted molar refractivity (Wildman–Crippen MR) is 78.7 cm³/mol. The molecule has 1 heterocycles. The summed E-state index contributed by atoms with van der Waals surface area (Å²) < 4.78 is 10.4. The van der Waals surface area contributed by atoms with Crippen molar-refractivity contribution in [3.05, 3.63) is 23.8 Å². The quantitative estimate of drug-likeness (QED) is 0.605. The van der Waals surface area contributed by atoms with Crippen molar-refractivity contribution in [2.24, 2.45) is 0 Å². The van der Waals surface area contributed by atoms with Gasteiger partial charge in [-0.15, -0.1) is 0 Å². The standard InChI is InChI=1S/C15H24N2O2/c1-18-10-11-19-9-3-8-17-7-2-4-13-12-14(16)5-6-15(13)17/h5-6,12H,2-4,7-11,16H2,1H3. The summed E-state index contributed by atoms with van der Waals surface area (Å²) >= 11 is 0. The van der Waals surface area contributed by atoms with Gasteiger partial charge in [-0.25, -0.2) is 0 Å². The van der Waals surface area contributed by atoms with Gasteiger partial charge >= 0.3 is 0 Å². The largest absolute Gasteiger partial charge is 0.399 e. The van der Waals surface area contributed by atoms with Crippen molar-refractivity contribution in [2.45, 2.75) is 19.3 Å². The Balaban J connectivity index is 1.79. The fourth-order valence-electron chi connectivity index (χ4n) is 2.53. The van der Waals surface area contributed by atoms with Crippen molar-refractivity contribution in [3.8, 4) is 0 Å². The molecule has 2 rings (SSSR count). The first-order chi connectivity index (χ1) is 9.31. The highest BCUT2D eigenvalue weighted by Gasteiger charge is 2.16. The summed E-state index contributed by atoms with van der Waals surface area (Å²) in [5.74, 6) is 0. The predicted octanol–water partition coefficient (Wildman–Crippen LogP) is 2.07. The van der Waals surface area contributed by atoms with Crippen LogP contribution >= 0.6 is 0 Å². The number of anilines is 2. The lowest BCUT2D eigenvalue weighted by Gasteiger charge is -2.31. The molecule has 0 aliphatic carbocycles. The maximum atomic E-state index is 5.85. The van der Waals surface area contributed by atoms with E-state index in [2.05, 4.69) is 17.0 Å². The second-order valence-electron chi connectivity index (χ2n) is 4.94. The van der Waals surface area contributed by atoms with Gasteiger partial charge in [-0.2, -0.15) is 0 Å². The molecule has 0 aromatic heterocycles. The minimum atomic E-state index is 0.672. The first kappa shape index (κ1) is 14.2. The molecule has 2 N–H and O–H groups in total. The summed E-state index contributed by atoms with van der Waals surface area (Å²) in [6.45, 7) is 4.33. The maximum Gasteiger partial charge on any atom is 0.0700 e. The molecule has 1 aliphatic heterocycles. The van der Waals surface area contributed by atoms with Gasteiger partial charge in [0, 0.05) is 38.2 Å². The highest BCUT2D eigenvalue weighted by atomic mass is 16.5. The molecule has 19 heavy (non-hydrogen) atoms. The number of nitrogen functional groups attached to an aromatic ring is 1. The molecule has 0 atom stereocenters. The Hall–Kier alpha value is -1.26. The molecule has 1 aliphatic rings. The van der Waals surface area contributed by atoms with Gasteiger partial charge < -0.3 is 20.1 Å². The van der Waals surface area contributed by atoms with E-state index in [1.54, 1.807) is 7.11 Å². The van der Waals surface area contributed by atoms with Crippen LogP contribution in [0.1, 0.15) is 18.4 Å². The van der Waals surface area contributed by atoms with Crippen LogP contribution in [0.3, 0.4) is 0 Å². The zero-order chi connectivity index (χ0) is 13.5. The molecule has 4 heteroatoms. The molecule has 0 fully saturated rings. The van der Waals surface area contributed by atoms with Crippen LogP contribution in [0.2, 0.25) is 0 Å². The Morgan fingerprint density at radius 1 is 1.26 bits per heavy atom. The molecule has 0 unspecified atom stereocenters. The fraction of sp³-hybridized carbons (Fsp3) is 0.600. The van der Waals surface area contributed by atoms with Crippen LogP contribution in [0.25, 0.3) is 0 Å². The van der Waals surface area contributed by atoms with Crippen molar-refractivity contribution in [3.63, 3.8) is 0 Å². The molecule has 1 aromatic carbocycles. The molecule has 0 spiro atoms. The summed E-state index contributed by atoms with van der Waals surface area (Å²) in [5, 5.41) is 0. The molecule has 0 bridgehead atoms. The first-order valence-electron chi connectivity index (χ1n) is 7.01. The third-order valence-corrected chi connectivity index (χ3v) is 3.47. The van der Waals surface area contributed by atoms with E-state index in [0.29, 0.717) is 13.2 Å². The van der Waals surface area contributed by atoms with Gasteiger partial charge in [-0.05, 0) is 43.0 Å². The van der Waals surface area contributed by atoms with E-state index in [9.17, 15) is 0 Å². The van der Waals surface area contributed by atoms with Crippen molar-refractivity contribution in [1.29, 1.82) is 0 Å². The van der Waals surface area contributed by atoms with Crippen LogP contribution in [-0.2, 0) is 15.9 Å². The van der Waals surface area contributed by atoms with Gasteiger partial charge in [0.15, 0.2) is 0 Å². The van der Waals surface area contributed by atoms with E-state index >= 15 is 0 Å². The van der Waals surface area contributed by atoms with Gasteiger partial charge in [0.1, 0.15) is 0 Å². The third kappa shape index (κ3) is 4.11. The van der Waals surface area contributed by atoms with Crippen LogP contribution in [0.4, 0.5) is 11.4 Å². The van der Waals surface area contributed by atoms with E-state index in [1.165, 1.54) is 17.7 Å². The molecule has 4 nitrogen and oxygen atoms in total. The van der Waals surface area contributed by atoms with Gasteiger partial charge in [0.2, 0.25) is 0 Å². The average Bonchev–Trinajstić information content (AvgIpc) is 2.42. The maximum absolute atomic E-state index is 5.85. The van der Waals surface area contributed by atoms with Crippen LogP contribution in [0.15, 0.2) is 18.2 Å². The highest BCUT2D eigenvalue weighted by molar-refractivity contribution is 5.61. The summed E-state index contributed by atoms with van der Waals surface area (Å²) in [4.78, 5) is 2.44. The van der Waals surface area contributed by atoms with Crippen molar-refractivity contribution >= 4 is 11.4 Å². The number of methoxy groups -OCH3 is 1. The number of nitrogens with zero attached hydrogens (tertiary/aromatic N) is 1. The Kier molecular flexibility index (Phi) is 5.48. The molecular weight excluding hydrogens is 240 g/mol. The van der Waals surface area contributed by atoms with Crippen molar-refractivity contribution < 1.29 is 9.47 Å². The van der Waals surface area contributed by atoms with E-state index < -0.39 is 0 Å². The summed E-state index contributed by atoms with van der Waals surface area (Å²) in [6, 6.07) is 6.25. The second-order valence-corrected chi connectivity index (χ2v) is 4.94. The number of hydrogen-bond acceptors (Lipinski definition) is 4. The zero-order valence-corrected chi connectivity index (χ0v) is 11.7. The van der Waals surface area contributed by atoms with E-state index in [0.717, 1.165) is 38.2 Å². The zero-order valence-electron chi connectivity index (χ0n) is 11.7. The highest BCUT2D eigenvalue weighted by Crippen LogP contribution is 2.28. The lowest BCUT2D eigenvalue weighted by Crippen LogP contribution is -2.31. The first-order valence-corrected chi connectivity index (χ1v) is 7.01. The van der Waals surface area contributed by atoms with Gasteiger partial charge in [0.25, 0.3) is 0 Å².